The van der Waals surface area contributed by atoms with E-state index in [9.17, 15) is 4.79 Å². The van der Waals surface area contributed by atoms with Gasteiger partial charge in [0.25, 0.3) is 5.91 Å². The largest absolute Gasteiger partial charge is 0.495 e. The Balaban J connectivity index is 1.92. The van der Waals surface area contributed by atoms with Crippen molar-refractivity contribution < 1.29 is 14.4 Å². The molecule has 0 spiro atoms. The molecule has 1 amide bonds. The van der Waals surface area contributed by atoms with Crippen molar-refractivity contribution >= 4 is 23.4 Å². The highest BCUT2D eigenvalue weighted by molar-refractivity contribution is 7.98. The first kappa shape index (κ1) is 18.4. The summed E-state index contributed by atoms with van der Waals surface area (Å²) < 4.78 is 5.30. The van der Waals surface area contributed by atoms with Crippen molar-refractivity contribution in [1.29, 1.82) is 0 Å². The van der Waals surface area contributed by atoms with Crippen LogP contribution in [0.25, 0.3) is 0 Å². The van der Waals surface area contributed by atoms with Crippen molar-refractivity contribution in [2.75, 3.05) is 32.3 Å². The van der Waals surface area contributed by atoms with E-state index < -0.39 is 0 Å². The van der Waals surface area contributed by atoms with Crippen LogP contribution in [0, 0.1) is 6.92 Å². The van der Waals surface area contributed by atoms with Crippen molar-refractivity contribution in [3.05, 3.63) is 53.6 Å². The van der Waals surface area contributed by atoms with Crippen LogP contribution in [0.15, 0.2) is 47.4 Å². The molecule has 2 N–H and O–H groups in total. The van der Waals surface area contributed by atoms with E-state index in [1.807, 2.05) is 32.2 Å². The zero-order chi connectivity index (χ0) is 17.5. The third kappa shape index (κ3) is 5.28. The molecule has 5 heteroatoms. The molecule has 0 saturated carbocycles. The summed E-state index contributed by atoms with van der Waals surface area (Å²) in [6, 6.07) is 14.2. The molecule has 0 aliphatic heterocycles. The first-order chi connectivity index (χ1) is 11.5. The van der Waals surface area contributed by atoms with Gasteiger partial charge in [-0.25, -0.2) is 0 Å². The van der Waals surface area contributed by atoms with Gasteiger partial charge in [0.2, 0.25) is 0 Å². The summed E-state index contributed by atoms with van der Waals surface area (Å²) in [5, 5.41) is 2.95. The van der Waals surface area contributed by atoms with Gasteiger partial charge in [0, 0.05) is 10.5 Å². The lowest BCUT2D eigenvalue weighted by Gasteiger charge is -2.15. The van der Waals surface area contributed by atoms with E-state index in [0.29, 0.717) is 12.3 Å². The number of ether oxygens (including phenoxy) is 1. The second-order valence-corrected chi connectivity index (χ2v) is 6.79. The molecule has 0 radical (unpaired) electrons. The molecule has 0 heterocycles. The van der Waals surface area contributed by atoms with Gasteiger partial charge in [0.15, 0.2) is 6.54 Å². The van der Waals surface area contributed by atoms with Crippen molar-refractivity contribution in [3.8, 4) is 5.75 Å². The molecule has 24 heavy (non-hydrogen) atoms. The smallest absolute Gasteiger partial charge is 0.279 e. The number of likely N-dealkylation sites (N-methyl/N-ethyl adjacent to an activating group) is 1. The molecule has 1 atom stereocenters. The van der Waals surface area contributed by atoms with Gasteiger partial charge in [-0.2, -0.15) is 0 Å². The predicted molar refractivity (Wildman–Crippen MR) is 100 cm³/mol. The van der Waals surface area contributed by atoms with E-state index in [-0.39, 0.29) is 5.91 Å². The van der Waals surface area contributed by atoms with Crippen LogP contribution in [0.1, 0.15) is 11.1 Å². The van der Waals surface area contributed by atoms with Crippen LogP contribution in [0.4, 0.5) is 5.69 Å². The number of nitrogens with one attached hydrogen (secondary N) is 2. The maximum absolute atomic E-state index is 12.3. The summed E-state index contributed by atoms with van der Waals surface area (Å²) in [5.41, 5.74) is 3.03. The van der Waals surface area contributed by atoms with E-state index in [1.54, 1.807) is 18.9 Å². The summed E-state index contributed by atoms with van der Waals surface area (Å²) in [4.78, 5) is 14.7. The second kappa shape index (κ2) is 8.76. The maximum Gasteiger partial charge on any atom is 0.279 e. The van der Waals surface area contributed by atoms with Gasteiger partial charge >= 0.3 is 0 Å². The topological polar surface area (TPSA) is 42.8 Å². The average molecular weight is 345 g/mol. The van der Waals surface area contributed by atoms with Crippen LogP contribution in [0.3, 0.4) is 0 Å². The molecule has 1 unspecified atom stereocenters. The van der Waals surface area contributed by atoms with E-state index in [4.69, 9.17) is 4.74 Å². The van der Waals surface area contributed by atoms with Gasteiger partial charge in [-0.3, -0.25) is 4.79 Å². The van der Waals surface area contributed by atoms with E-state index >= 15 is 0 Å². The Labute approximate surface area is 148 Å². The lowest BCUT2D eigenvalue weighted by atomic mass is 10.2. The van der Waals surface area contributed by atoms with E-state index in [2.05, 4.69) is 35.8 Å². The Bertz CT molecular complexity index is 686. The van der Waals surface area contributed by atoms with Crippen LogP contribution in [-0.2, 0) is 11.3 Å². The number of carbonyl (C=O) groups is 1. The summed E-state index contributed by atoms with van der Waals surface area (Å²) in [5.74, 6) is 0.663. The average Bonchev–Trinajstić information content (AvgIpc) is 2.55. The molecule has 0 aliphatic rings. The number of quaternary nitrogens is 1. The molecule has 2 rings (SSSR count). The highest BCUT2D eigenvalue weighted by atomic mass is 32.2. The minimum Gasteiger partial charge on any atom is -0.495 e. The SMILES string of the molecule is COc1ccc(C)cc1NC(=O)C[NH+](C)Cc1ccc(SC)cc1. The van der Waals surface area contributed by atoms with E-state index in [1.165, 1.54) is 10.5 Å². The van der Waals surface area contributed by atoms with Crippen molar-refractivity contribution in [2.24, 2.45) is 0 Å². The number of benzene rings is 2. The molecule has 0 bridgehead atoms. The highest BCUT2D eigenvalue weighted by Gasteiger charge is 2.13. The quantitative estimate of drug-likeness (QED) is 0.757. The van der Waals surface area contributed by atoms with Crippen LogP contribution in [0.2, 0.25) is 0 Å². The zero-order valence-electron chi connectivity index (χ0n) is 14.7. The molecule has 2 aromatic carbocycles. The van der Waals surface area contributed by atoms with Crippen LogP contribution < -0.4 is 15.0 Å². The lowest BCUT2D eigenvalue weighted by Crippen LogP contribution is -3.08. The summed E-state index contributed by atoms with van der Waals surface area (Å²) in [6.07, 6.45) is 2.07. The van der Waals surface area contributed by atoms with Crippen LogP contribution in [-0.4, -0.2) is 32.9 Å². The fourth-order valence-electron chi connectivity index (χ4n) is 2.54. The van der Waals surface area contributed by atoms with Gasteiger partial charge in [-0.1, -0.05) is 18.2 Å². The monoisotopic (exact) mass is 345 g/mol. The molecule has 0 fully saturated rings. The second-order valence-electron chi connectivity index (χ2n) is 5.91. The van der Waals surface area contributed by atoms with Crippen LogP contribution >= 0.6 is 11.8 Å². The third-order valence-electron chi connectivity index (χ3n) is 3.76. The van der Waals surface area contributed by atoms with E-state index in [0.717, 1.165) is 22.7 Å². The molecule has 0 aromatic heterocycles. The molecule has 4 nitrogen and oxygen atoms in total. The van der Waals surface area contributed by atoms with Gasteiger partial charge in [-0.15, -0.1) is 11.8 Å². The minimum atomic E-state index is -0.0165. The highest BCUT2D eigenvalue weighted by Crippen LogP contribution is 2.24. The molecule has 0 aliphatic carbocycles. The molecule has 128 valence electrons. The van der Waals surface area contributed by atoms with Gasteiger partial charge in [-0.05, 0) is 43.0 Å². The number of thioether (sulfide) groups is 1. The molecule has 0 saturated heterocycles. The number of rotatable bonds is 7. The number of carbonyl (C=O) groups excluding carboxylic acids is 1. The number of hydrogen-bond acceptors (Lipinski definition) is 3. The number of aryl methyl sites for hydroxylation is 1. The summed E-state index contributed by atoms with van der Waals surface area (Å²) >= 11 is 1.73. The van der Waals surface area contributed by atoms with Crippen molar-refractivity contribution in [3.63, 3.8) is 0 Å². The maximum atomic E-state index is 12.3. The Kier molecular flexibility index (Phi) is 6.70. The number of methoxy groups -OCH3 is 1. The molecule has 2 aromatic rings. The fraction of sp³-hybridized carbons (Fsp3) is 0.316. The third-order valence-corrected chi connectivity index (χ3v) is 4.50. The molecular formula is C19H25N2O2S+. The van der Waals surface area contributed by atoms with Gasteiger partial charge < -0.3 is 15.0 Å². The number of anilines is 1. The van der Waals surface area contributed by atoms with Crippen molar-refractivity contribution in [1.82, 2.24) is 0 Å². The fourth-order valence-corrected chi connectivity index (χ4v) is 2.95. The zero-order valence-corrected chi connectivity index (χ0v) is 15.5. The first-order valence-corrected chi connectivity index (χ1v) is 9.13. The predicted octanol–water partition coefficient (Wildman–Crippen LogP) is 2.38. The molecular weight excluding hydrogens is 320 g/mol. The summed E-state index contributed by atoms with van der Waals surface area (Å²) in [6.45, 7) is 3.21. The number of amides is 1. The van der Waals surface area contributed by atoms with Crippen LogP contribution in [0.5, 0.6) is 5.75 Å². The Hall–Kier alpha value is -1.98. The van der Waals surface area contributed by atoms with Gasteiger partial charge in [0.1, 0.15) is 12.3 Å². The minimum absolute atomic E-state index is 0.0165. The number of hydrogen-bond donors (Lipinski definition) is 2. The Morgan fingerprint density at radius 2 is 1.92 bits per heavy atom. The summed E-state index contributed by atoms with van der Waals surface area (Å²) in [7, 11) is 3.63. The first-order valence-electron chi connectivity index (χ1n) is 7.90. The lowest BCUT2D eigenvalue weighted by molar-refractivity contribution is -0.885. The van der Waals surface area contributed by atoms with Gasteiger partial charge in [0.05, 0.1) is 19.8 Å². The Morgan fingerprint density at radius 1 is 1.21 bits per heavy atom. The normalized spacial score (nSPS) is 11.8. The standard InChI is InChI=1S/C19H24N2O2S/c1-14-5-10-18(23-3)17(11-14)20-19(22)13-21(2)12-15-6-8-16(24-4)9-7-15/h5-11H,12-13H2,1-4H3,(H,20,22)/p+1. The van der Waals surface area contributed by atoms with Crippen molar-refractivity contribution in [2.45, 2.75) is 18.4 Å². The Morgan fingerprint density at radius 3 is 2.54 bits per heavy atom.